The van der Waals surface area contributed by atoms with E-state index >= 15 is 0 Å². The Kier molecular flexibility index (Phi) is 3.99. The van der Waals surface area contributed by atoms with Gasteiger partial charge in [0.1, 0.15) is 5.69 Å². The number of hydrogen-bond acceptors (Lipinski definition) is 5. The van der Waals surface area contributed by atoms with E-state index in [0.717, 1.165) is 0 Å². The minimum absolute atomic E-state index is 0.234. The molecule has 0 aromatic carbocycles. The van der Waals surface area contributed by atoms with Crippen LogP contribution in [-0.2, 0) is 11.3 Å². The van der Waals surface area contributed by atoms with E-state index in [0.29, 0.717) is 11.6 Å². The van der Waals surface area contributed by atoms with Gasteiger partial charge in [-0.3, -0.25) is 9.78 Å². The van der Waals surface area contributed by atoms with Gasteiger partial charge in [-0.2, -0.15) is 0 Å². The molecule has 1 aromatic rings. The zero-order valence-electron chi connectivity index (χ0n) is 8.73. The van der Waals surface area contributed by atoms with Crippen LogP contribution in [0.15, 0.2) is 12.4 Å². The van der Waals surface area contributed by atoms with E-state index in [4.69, 9.17) is 10.5 Å². The number of aromatic nitrogens is 2. The fraction of sp³-hybridized carbons (Fsp3) is 0.444. The Morgan fingerprint density at radius 3 is 2.87 bits per heavy atom. The first-order valence-corrected chi connectivity index (χ1v) is 4.52. The number of hydrogen-bond donors (Lipinski definition) is 2. The maximum atomic E-state index is 11.2. The first-order chi connectivity index (χ1) is 7.15. The molecule has 1 amide bonds. The fourth-order valence-electron chi connectivity index (χ4n) is 0.978. The summed E-state index contributed by atoms with van der Waals surface area (Å²) >= 11 is 0. The highest BCUT2D eigenvalue weighted by molar-refractivity contribution is 5.80. The predicted molar refractivity (Wildman–Crippen MR) is 54.1 cm³/mol. The molecule has 0 aliphatic carbocycles. The summed E-state index contributed by atoms with van der Waals surface area (Å²) in [5.74, 6) is 0.171. The second kappa shape index (κ2) is 5.26. The SMILES string of the molecule is COc1nccnc1CNC(=O)[C@H](C)N. The van der Waals surface area contributed by atoms with E-state index in [-0.39, 0.29) is 12.5 Å². The van der Waals surface area contributed by atoms with Crippen molar-refractivity contribution in [3.63, 3.8) is 0 Å². The molecule has 1 aromatic heterocycles. The van der Waals surface area contributed by atoms with E-state index in [9.17, 15) is 4.79 Å². The van der Waals surface area contributed by atoms with Crippen LogP contribution < -0.4 is 15.8 Å². The molecule has 6 nitrogen and oxygen atoms in total. The monoisotopic (exact) mass is 210 g/mol. The molecule has 3 N–H and O–H groups in total. The maximum absolute atomic E-state index is 11.2. The molecule has 82 valence electrons. The van der Waals surface area contributed by atoms with Crippen LogP contribution in [-0.4, -0.2) is 29.0 Å². The van der Waals surface area contributed by atoms with Crippen LogP contribution >= 0.6 is 0 Å². The Balaban J connectivity index is 2.61. The van der Waals surface area contributed by atoms with Crippen molar-refractivity contribution in [1.29, 1.82) is 0 Å². The van der Waals surface area contributed by atoms with E-state index in [2.05, 4.69) is 15.3 Å². The lowest BCUT2D eigenvalue weighted by Crippen LogP contribution is -2.38. The molecule has 0 unspecified atom stereocenters. The molecular weight excluding hydrogens is 196 g/mol. The maximum Gasteiger partial charge on any atom is 0.237 e. The Bertz CT molecular complexity index is 341. The topological polar surface area (TPSA) is 90.1 Å². The van der Waals surface area contributed by atoms with Gasteiger partial charge in [-0.25, -0.2) is 4.98 Å². The average Bonchev–Trinajstić information content (AvgIpc) is 2.26. The van der Waals surface area contributed by atoms with Crippen LogP contribution in [0.4, 0.5) is 0 Å². The van der Waals surface area contributed by atoms with Crippen molar-refractivity contribution in [2.45, 2.75) is 19.5 Å². The van der Waals surface area contributed by atoms with Gasteiger partial charge in [0.25, 0.3) is 0 Å². The average molecular weight is 210 g/mol. The quantitative estimate of drug-likeness (QED) is 0.695. The summed E-state index contributed by atoms with van der Waals surface area (Å²) in [4.78, 5) is 19.2. The molecule has 0 aliphatic rings. The van der Waals surface area contributed by atoms with Gasteiger partial charge in [-0.15, -0.1) is 0 Å². The summed E-state index contributed by atoms with van der Waals surface area (Å²) < 4.78 is 4.98. The second-order valence-corrected chi connectivity index (χ2v) is 3.02. The minimum Gasteiger partial charge on any atom is -0.480 e. The van der Waals surface area contributed by atoms with Crippen LogP contribution in [0, 0.1) is 0 Å². The molecule has 0 aliphatic heterocycles. The van der Waals surface area contributed by atoms with Crippen LogP contribution in [0.2, 0.25) is 0 Å². The highest BCUT2D eigenvalue weighted by atomic mass is 16.5. The summed E-state index contributed by atoms with van der Waals surface area (Å²) in [6, 6.07) is -0.535. The van der Waals surface area contributed by atoms with Crippen molar-refractivity contribution in [1.82, 2.24) is 15.3 Å². The molecule has 1 atom stereocenters. The third kappa shape index (κ3) is 3.17. The number of ether oxygens (including phenoxy) is 1. The van der Waals surface area contributed by atoms with Crippen LogP contribution in [0.25, 0.3) is 0 Å². The van der Waals surface area contributed by atoms with Crippen molar-refractivity contribution < 1.29 is 9.53 Å². The number of amides is 1. The van der Waals surface area contributed by atoms with Crippen molar-refractivity contribution in [3.05, 3.63) is 18.1 Å². The molecule has 6 heteroatoms. The van der Waals surface area contributed by atoms with E-state index in [1.54, 1.807) is 6.92 Å². The fourth-order valence-corrected chi connectivity index (χ4v) is 0.978. The summed E-state index contributed by atoms with van der Waals surface area (Å²) in [6.07, 6.45) is 3.06. The van der Waals surface area contributed by atoms with Gasteiger partial charge in [0.2, 0.25) is 11.8 Å². The first-order valence-electron chi connectivity index (χ1n) is 4.52. The summed E-state index contributed by atoms with van der Waals surface area (Å²) in [5, 5.41) is 2.63. The van der Waals surface area contributed by atoms with Gasteiger partial charge in [-0.05, 0) is 6.92 Å². The number of nitrogens with zero attached hydrogens (tertiary/aromatic N) is 2. The number of methoxy groups -OCH3 is 1. The third-order valence-corrected chi connectivity index (χ3v) is 1.77. The van der Waals surface area contributed by atoms with E-state index < -0.39 is 6.04 Å². The van der Waals surface area contributed by atoms with Gasteiger partial charge >= 0.3 is 0 Å². The minimum atomic E-state index is -0.535. The number of nitrogens with one attached hydrogen (secondary N) is 1. The summed E-state index contributed by atoms with van der Waals surface area (Å²) in [7, 11) is 1.50. The van der Waals surface area contributed by atoms with Gasteiger partial charge in [0, 0.05) is 12.4 Å². The van der Waals surface area contributed by atoms with Crippen LogP contribution in [0.1, 0.15) is 12.6 Å². The molecule has 0 saturated heterocycles. The van der Waals surface area contributed by atoms with Gasteiger partial charge in [0.05, 0.1) is 19.7 Å². The highest BCUT2D eigenvalue weighted by Gasteiger charge is 2.09. The highest BCUT2D eigenvalue weighted by Crippen LogP contribution is 2.09. The normalized spacial score (nSPS) is 11.9. The molecule has 0 fully saturated rings. The number of nitrogens with two attached hydrogens (primary N) is 1. The standard InChI is InChI=1S/C9H14N4O2/c1-6(10)8(14)13-5-7-9(15-2)12-4-3-11-7/h3-4,6H,5,10H2,1-2H3,(H,13,14)/t6-/m0/s1. The molecular formula is C9H14N4O2. The number of rotatable bonds is 4. The third-order valence-electron chi connectivity index (χ3n) is 1.77. The molecule has 1 heterocycles. The smallest absolute Gasteiger partial charge is 0.237 e. The number of carbonyl (C=O) groups excluding carboxylic acids is 1. The molecule has 0 spiro atoms. The van der Waals surface area contributed by atoms with Gasteiger partial charge < -0.3 is 15.8 Å². The zero-order valence-corrected chi connectivity index (χ0v) is 8.73. The Morgan fingerprint density at radius 1 is 1.60 bits per heavy atom. The predicted octanol–water partition coefficient (Wildman–Crippen LogP) is -0.551. The second-order valence-electron chi connectivity index (χ2n) is 3.02. The van der Waals surface area contributed by atoms with E-state index in [1.807, 2.05) is 0 Å². The van der Waals surface area contributed by atoms with E-state index in [1.165, 1.54) is 19.5 Å². The lowest BCUT2D eigenvalue weighted by molar-refractivity contribution is -0.122. The van der Waals surface area contributed by atoms with Crippen LogP contribution in [0.3, 0.4) is 0 Å². The van der Waals surface area contributed by atoms with Crippen molar-refractivity contribution in [3.8, 4) is 5.88 Å². The largest absolute Gasteiger partial charge is 0.480 e. The van der Waals surface area contributed by atoms with Gasteiger partial charge in [-0.1, -0.05) is 0 Å². The lowest BCUT2D eigenvalue weighted by Gasteiger charge is -2.08. The Labute approximate surface area is 87.9 Å². The molecule has 15 heavy (non-hydrogen) atoms. The van der Waals surface area contributed by atoms with Gasteiger partial charge in [0.15, 0.2) is 0 Å². The molecule has 0 radical (unpaired) electrons. The molecule has 1 rings (SSSR count). The molecule has 0 saturated carbocycles. The molecule has 0 bridgehead atoms. The zero-order chi connectivity index (χ0) is 11.3. The van der Waals surface area contributed by atoms with Crippen molar-refractivity contribution in [2.75, 3.05) is 7.11 Å². The Morgan fingerprint density at radius 2 is 2.27 bits per heavy atom. The number of carbonyl (C=O) groups is 1. The Hall–Kier alpha value is -1.69. The van der Waals surface area contributed by atoms with Crippen molar-refractivity contribution in [2.24, 2.45) is 5.73 Å². The lowest BCUT2D eigenvalue weighted by atomic mass is 10.3. The van der Waals surface area contributed by atoms with Crippen LogP contribution in [0.5, 0.6) is 5.88 Å². The van der Waals surface area contributed by atoms with Crippen molar-refractivity contribution >= 4 is 5.91 Å². The summed E-state index contributed by atoms with van der Waals surface area (Å²) in [6.45, 7) is 1.88. The first kappa shape index (κ1) is 11.4. The summed E-state index contributed by atoms with van der Waals surface area (Å²) in [5.41, 5.74) is 5.97.